The monoisotopic (exact) mass is 286 g/mol. The van der Waals surface area contributed by atoms with E-state index < -0.39 is 24.4 Å². The Morgan fingerprint density at radius 1 is 1.15 bits per heavy atom. The van der Waals surface area contributed by atoms with Crippen LogP contribution in [-0.2, 0) is 14.9 Å². The van der Waals surface area contributed by atoms with Gasteiger partial charge in [0.2, 0.25) is 0 Å². The maximum atomic E-state index is 12.4. The lowest BCUT2D eigenvalue weighted by molar-refractivity contribution is -0.147. The van der Waals surface area contributed by atoms with Crippen LogP contribution in [-0.4, -0.2) is 25.2 Å². The molecule has 0 aliphatic carbocycles. The molecule has 0 saturated carbocycles. The fourth-order valence-corrected chi connectivity index (χ4v) is 2.70. The molecule has 0 N–H and O–H groups in total. The highest BCUT2D eigenvalue weighted by Crippen LogP contribution is 2.38. The molecular weight excluding hydrogens is 269 g/mol. The van der Waals surface area contributed by atoms with E-state index in [0.29, 0.717) is 26.1 Å². The van der Waals surface area contributed by atoms with E-state index in [1.807, 2.05) is 30.3 Å². The quantitative estimate of drug-likeness (QED) is 0.844. The first-order valence-corrected chi connectivity index (χ1v) is 6.67. The lowest BCUT2D eigenvalue weighted by Gasteiger charge is -2.36. The number of carbonyl (C=O) groups is 1. The van der Waals surface area contributed by atoms with E-state index in [4.69, 9.17) is 4.74 Å². The number of hydrogen-bond acceptors (Lipinski definition) is 2. The van der Waals surface area contributed by atoms with Gasteiger partial charge in [-0.3, -0.25) is 4.79 Å². The number of benzene rings is 1. The number of hydrogen-bond donors (Lipinski definition) is 0. The number of halogens is 3. The first-order valence-electron chi connectivity index (χ1n) is 6.67. The molecule has 110 valence electrons. The number of rotatable bonds is 4. The largest absolute Gasteiger partial charge is 0.389 e. The van der Waals surface area contributed by atoms with E-state index in [-0.39, 0.29) is 5.78 Å². The molecule has 1 fully saturated rings. The Bertz CT molecular complexity index is 448. The van der Waals surface area contributed by atoms with Gasteiger partial charge < -0.3 is 4.74 Å². The first kappa shape index (κ1) is 15.0. The molecule has 2 nitrogen and oxygen atoms in total. The van der Waals surface area contributed by atoms with Crippen LogP contribution in [0.15, 0.2) is 30.3 Å². The molecule has 1 aromatic rings. The summed E-state index contributed by atoms with van der Waals surface area (Å²) in [5, 5.41) is 0. The van der Waals surface area contributed by atoms with Crippen molar-refractivity contribution in [2.75, 3.05) is 13.2 Å². The maximum absolute atomic E-state index is 12.4. The standard InChI is InChI=1S/C15H17F3O2/c16-15(17,18)7-6-13(19)14(8-10-20-11-9-14)12-4-2-1-3-5-12/h1-5H,6-11H2. The van der Waals surface area contributed by atoms with Crippen LogP contribution in [0.4, 0.5) is 13.2 Å². The minimum Gasteiger partial charge on any atom is -0.381 e. The van der Waals surface area contributed by atoms with E-state index in [2.05, 4.69) is 0 Å². The zero-order valence-electron chi connectivity index (χ0n) is 11.1. The van der Waals surface area contributed by atoms with Gasteiger partial charge in [-0.15, -0.1) is 0 Å². The zero-order chi connectivity index (χ0) is 14.6. The van der Waals surface area contributed by atoms with Crippen molar-refractivity contribution in [2.24, 2.45) is 0 Å². The molecule has 1 heterocycles. The Kier molecular flexibility index (Phi) is 4.48. The van der Waals surface area contributed by atoms with Crippen molar-refractivity contribution in [2.45, 2.75) is 37.3 Å². The average molecular weight is 286 g/mol. The molecule has 0 aromatic heterocycles. The van der Waals surface area contributed by atoms with Crippen molar-refractivity contribution >= 4 is 5.78 Å². The Morgan fingerprint density at radius 3 is 2.30 bits per heavy atom. The Balaban J connectivity index is 2.21. The number of carbonyl (C=O) groups excluding carboxylic acids is 1. The van der Waals surface area contributed by atoms with Crippen LogP contribution in [0.2, 0.25) is 0 Å². The normalized spacial score (nSPS) is 18.8. The fourth-order valence-electron chi connectivity index (χ4n) is 2.70. The van der Waals surface area contributed by atoms with Crippen LogP contribution >= 0.6 is 0 Å². The van der Waals surface area contributed by atoms with Crippen molar-refractivity contribution < 1.29 is 22.7 Å². The molecule has 1 aliphatic heterocycles. The second kappa shape index (κ2) is 5.95. The predicted molar refractivity (Wildman–Crippen MR) is 68.5 cm³/mol. The van der Waals surface area contributed by atoms with Crippen molar-refractivity contribution in [1.82, 2.24) is 0 Å². The summed E-state index contributed by atoms with van der Waals surface area (Å²) >= 11 is 0. The molecule has 2 rings (SSSR count). The van der Waals surface area contributed by atoms with Crippen LogP contribution in [0.5, 0.6) is 0 Å². The number of ether oxygens (including phenoxy) is 1. The molecule has 0 unspecified atom stereocenters. The summed E-state index contributed by atoms with van der Waals surface area (Å²) in [7, 11) is 0. The lowest BCUT2D eigenvalue weighted by Crippen LogP contribution is -2.41. The van der Waals surface area contributed by atoms with E-state index >= 15 is 0 Å². The van der Waals surface area contributed by atoms with Gasteiger partial charge in [0.15, 0.2) is 0 Å². The molecule has 1 aliphatic rings. The van der Waals surface area contributed by atoms with E-state index in [1.54, 1.807) is 0 Å². The van der Waals surface area contributed by atoms with Crippen LogP contribution in [0.25, 0.3) is 0 Å². The van der Waals surface area contributed by atoms with Gasteiger partial charge >= 0.3 is 6.18 Å². The van der Waals surface area contributed by atoms with Crippen LogP contribution in [0.1, 0.15) is 31.2 Å². The molecule has 0 atom stereocenters. The smallest absolute Gasteiger partial charge is 0.381 e. The van der Waals surface area contributed by atoms with Gasteiger partial charge in [-0.2, -0.15) is 13.2 Å². The highest BCUT2D eigenvalue weighted by atomic mass is 19.4. The van der Waals surface area contributed by atoms with Gasteiger partial charge in [0.25, 0.3) is 0 Å². The van der Waals surface area contributed by atoms with Gasteiger partial charge in [0.1, 0.15) is 5.78 Å². The minimum atomic E-state index is -4.29. The number of Topliss-reactive ketones (excluding diaryl/α,β-unsaturated/α-hetero) is 1. The summed E-state index contributed by atoms with van der Waals surface area (Å²) in [6, 6.07) is 9.08. The molecule has 0 radical (unpaired) electrons. The second-order valence-corrected chi connectivity index (χ2v) is 5.10. The third-order valence-electron chi connectivity index (χ3n) is 3.84. The topological polar surface area (TPSA) is 26.3 Å². The fraction of sp³-hybridized carbons (Fsp3) is 0.533. The zero-order valence-corrected chi connectivity index (χ0v) is 11.1. The van der Waals surface area contributed by atoms with Crippen LogP contribution in [0.3, 0.4) is 0 Å². The van der Waals surface area contributed by atoms with Crippen molar-refractivity contribution in [3.05, 3.63) is 35.9 Å². The number of ketones is 1. The molecule has 5 heteroatoms. The molecular formula is C15H17F3O2. The van der Waals surface area contributed by atoms with Gasteiger partial charge in [-0.25, -0.2) is 0 Å². The Labute approximate surface area is 115 Å². The highest BCUT2D eigenvalue weighted by Gasteiger charge is 2.42. The molecule has 20 heavy (non-hydrogen) atoms. The van der Waals surface area contributed by atoms with Crippen LogP contribution < -0.4 is 0 Å². The third kappa shape index (κ3) is 3.39. The van der Waals surface area contributed by atoms with Crippen molar-refractivity contribution in [1.29, 1.82) is 0 Å². The molecule has 1 saturated heterocycles. The molecule has 0 amide bonds. The predicted octanol–water partition coefficient (Wildman–Crippen LogP) is 3.65. The first-order chi connectivity index (χ1) is 9.44. The summed E-state index contributed by atoms with van der Waals surface area (Å²) in [6.07, 6.45) is -4.90. The summed E-state index contributed by atoms with van der Waals surface area (Å²) < 4.78 is 42.3. The average Bonchev–Trinajstić information content (AvgIpc) is 2.45. The third-order valence-corrected chi connectivity index (χ3v) is 3.84. The summed E-state index contributed by atoms with van der Waals surface area (Å²) in [5.41, 5.74) is -0.0134. The van der Waals surface area contributed by atoms with Crippen molar-refractivity contribution in [3.63, 3.8) is 0 Å². The Hall–Kier alpha value is -1.36. The molecule has 0 bridgehead atoms. The minimum absolute atomic E-state index is 0.329. The van der Waals surface area contributed by atoms with E-state index in [0.717, 1.165) is 5.56 Å². The highest BCUT2D eigenvalue weighted by molar-refractivity contribution is 5.90. The van der Waals surface area contributed by atoms with Gasteiger partial charge in [-0.1, -0.05) is 30.3 Å². The van der Waals surface area contributed by atoms with Gasteiger partial charge in [0.05, 0.1) is 11.8 Å². The van der Waals surface area contributed by atoms with Gasteiger partial charge in [-0.05, 0) is 18.4 Å². The molecule has 1 aromatic carbocycles. The van der Waals surface area contributed by atoms with E-state index in [1.165, 1.54) is 0 Å². The summed E-state index contributed by atoms with van der Waals surface area (Å²) in [6.45, 7) is 0.819. The number of alkyl halides is 3. The van der Waals surface area contributed by atoms with Crippen LogP contribution in [0, 0.1) is 0 Å². The van der Waals surface area contributed by atoms with Gasteiger partial charge in [0, 0.05) is 19.6 Å². The Morgan fingerprint density at radius 2 is 1.75 bits per heavy atom. The second-order valence-electron chi connectivity index (χ2n) is 5.10. The van der Waals surface area contributed by atoms with Crippen molar-refractivity contribution in [3.8, 4) is 0 Å². The molecule has 0 spiro atoms. The summed E-state index contributed by atoms with van der Waals surface area (Å²) in [4.78, 5) is 12.4. The lowest BCUT2D eigenvalue weighted by atomic mass is 9.70. The SMILES string of the molecule is O=C(CCC(F)(F)F)C1(c2ccccc2)CCOCC1. The summed E-state index contributed by atoms with van der Waals surface area (Å²) in [5.74, 6) is -0.329. The van der Waals surface area contributed by atoms with E-state index in [9.17, 15) is 18.0 Å². The maximum Gasteiger partial charge on any atom is 0.389 e.